The lowest BCUT2D eigenvalue weighted by molar-refractivity contribution is 0.340. The molecule has 0 aromatic heterocycles. The summed E-state index contributed by atoms with van der Waals surface area (Å²) in [5.74, 6) is 1.29. The summed E-state index contributed by atoms with van der Waals surface area (Å²) in [6.45, 7) is 7.66. The fourth-order valence-electron chi connectivity index (χ4n) is 2.69. The maximum atomic E-state index is 6.02. The Labute approximate surface area is 127 Å². The van der Waals surface area contributed by atoms with Gasteiger partial charge in [-0.15, -0.1) is 0 Å². The molecule has 0 bridgehead atoms. The standard InChI is InChI=1S/C19H25NO/c1-4-21-18-9-7-16(8-10-18)12-17(13-20)19-11-14(2)5-6-15(19)3/h5-11,17H,4,12-13,20H2,1-3H3. The first-order chi connectivity index (χ1) is 10.1. The van der Waals surface area contributed by atoms with E-state index < -0.39 is 0 Å². The van der Waals surface area contributed by atoms with Gasteiger partial charge in [0.25, 0.3) is 0 Å². The molecule has 0 heterocycles. The fourth-order valence-corrected chi connectivity index (χ4v) is 2.69. The van der Waals surface area contributed by atoms with E-state index in [4.69, 9.17) is 10.5 Å². The van der Waals surface area contributed by atoms with Crippen molar-refractivity contribution in [3.63, 3.8) is 0 Å². The predicted octanol–water partition coefficient (Wildman–Crippen LogP) is 3.99. The fraction of sp³-hybridized carbons (Fsp3) is 0.368. The molecule has 2 nitrogen and oxygen atoms in total. The van der Waals surface area contributed by atoms with E-state index in [2.05, 4.69) is 44.2 Å². The van der Waals surface area contributed by atoms with Gasteiger partial charge in [-0.3, -0.25) is 0 Å². The molecule has 0 aliphatic rings. The van der Waals surface area contributed by atoms with Crippen molar-refractivity contribution in [1.29, 1.82) is 0 Å². The second kappa shape index (κ2) is 7.28. The third kappa shape index (κ3) is 4.08. The Hall–Kier alpha value is -1.80. The highest BCUT2D eigenvalue weighted by atomic mass is 16.5. The largest absolute Gasteiger partial charge is 0.494 e. The monoisotopic (exact) mass is 283 g/mol. The van der Waals surface area contributed by atoms with Crippen molar-refractivity contribution in [3.8, 4) is 5.75 Å². The van der Waals surface area contributed by atoms with Gasteiger partial charge in [-0.25, -0.2) is 0 Å². The van der Waals surface area contributed by atoms with Crippen LogP contribution in [0.25, 0.3) is 0 Å². The zero-order valence-corrected chi connectivity index (χ0v) is 13.2. The van der Waals surface area contributed by atoms with Crippen LogP contribution in [0.2, 0.25) is 0 Å². The number of hydrogen-bond donors (Lipinski definition) is 1. The molecule has 2 heteroatoms. The summed E-state index contributed by atoms with van der Waals surface area (Å²) in [5.41, 5.74) is 11.3. The summed E-state index contributed by atoms with van der Waals surface area (Å²) in [7, 11) is 0. The molecule has 0 spiro atoms. The van der Waals surface area contributed by atoms with Gasteiger partial charge in [0.05, 0.1) is 6.61 Å². The van der Waals surface area contributed by atoms with E-state index in [0.29, 0.717) is 19.1 Å². The van der Waals surface area contributed by atoms with Crippen LogP contribution in [-0.2, 0) is 6.42 Å². The number of hydrogen-bond acceptors (Lipinski definition) is 2. The molecule has 2 aromatic carbocycles. The molecule has 2 aromatic rings. The molecular formula is C19H25NO. The first-order valence-electron chi connectivity index (χ1n) is 7.63. The lowest BCUT2D eigenvalue weighted by Gasteiger charge is -2.18. The Morgan fingerprint density at radius 2 is 1.76 bits per heavy atom. The number of benzene rings is 2. The van der Waals surface area contributed by atoms with Gasteiger partial charge in [0.1, 0.15) is 5.75 Å². The van der Waals surface area contributed by atoms with Crippen LogP contribution in [0.3, 0.4) is 0 Å². The van der Waals surface area contributed by atoms with Gasteiger partial charge in [0, 0.05) is 5.92 Å². The highest BCUT2D eigenvalue weighted by molar-refractivity contribution is 5.36. The highest BCUT2D eigenvalue weighted by Crippen LogP contribution is 2.25. The average Bonchev–Trinajstić information content (AvgIpc) is 2.49. The van der Waals surface area contributed by atoms with Gasteiger partial charge in [-0.05, 0) is 62.6 Å². The van der Waals surface area contributed by atoms with E-state index in [1.165, 1.54) is 22.3 Å². The van der Waals surface area contributed by atoms with Crippen molar-refractivity contribution in [2.45, 2.75) is 33.1 Å². The molecule has 112 valence electrons. The molecule has 21 heavy (non-hydrogen) atoms. The molecule has 0 saturated heterocycles. The van der Waals surface area contributed by atoms with Gasteiger partial charge in [0.2, 0.25) is 0 Å². The van der Waals surface area contributed by atoms with Gasteiger partial charge < -0.3 is 10.5 Å². The minimum absolute atomic E-state index is 0.364. The summed E-state index contributed by atoms with van der Waals surface area (Å²) >= 11 is 0. The molecule has 0 radical (unpaired) electrons. The molecule has 0 amide bonds. The minimum atomic E-state index is 0.364. The number of aryl methyl sites for hydroxylation is 2. The number of rotatable bonds is 6. The quantitative estimate of drug-likeness (QED) is 0.870. The maximum Gasteiger partial charge on any atom is 0.119 e. The minimum Gasteiger partial charge on any atom is -0.494 e. The maximum absolute atomic E-state index is 6.02. The third-order valence-corrected chi connectivity index (χ3v) is 3.88. The molecule has 2 N–H and O–H groups in total. The summed E-state index contributed by atoms with van der Waals surface area (Å²) in [5, 5.41) is 0. The van der Waals surface area contributed by atoms with Crippen LogP contribution in [0.15, 0.2) is 42.5 Å². The van der Waals surface area contributed by atoms with Gasteiger partial charge in [0.15, 0.2) is 0 Å². The molecule has 1 unspecified atom stereocenters. The highest BCUT2D eigenvalue weighted by Gasteiger charge is 2.13. The van der Waals surface area contributed by atoms with Crippen molar-refractivity contribution < 1.29 is 4.74 Å². The third-order valence-electron chi connectivity index (χ3n) is 3.88. The molecule has 0 aliphatic heterocycles. The number of ether oxygens (including phenoxy) is 1. The molecule has 0 fully saturated rings. The van der Waals surface area contributed by atoms with Gasteiger partial charge in [-0.1, -0.05) is 35.9 Å². The van der Waals surface area contributed by atoms with Crippen LogP contribution in [-0.4, -0.2) is 13.2 Å². The van der Waals surface area contributed by atoms with Crippen LogP contribution in [0.1, 0.15) is 35.1 Å². The van der Waals surface area contributed by atoms with Crippen LogP contribution in [0, 0.1) is 13.8 Å². The smallest absolute Gasteiger partial charge is 0.119 e. The summed E-state index contributed by atoms with van der Waals surface area (Å²) in [6.07, 6.45) is 0.965. The summed E-state index contributed by atoms with van der Waals surface area (Å²) in [6, 6.07) is 15.0. The molecule has 2 rings (SSSR count). The Kier molecular flexibility index (Phi) is 5.40. The predicted molar refractivity (Wildman–Crippen MR) is 89.0 cm³/mol. The summed E-state index contributed by atoms with van der Waals surface area (Å²) in [4.78, 5) is 0. The second-order valence-corrected chi connectivity index (χ2v) is 5.57. The first kappa shape index (κ1) is 15.6. The SMILES string of the molecule is CCOc1ccc(CC(CN)c2cc(C)ccc2C)cc1. The zero-order chi connectivity index (χ0) is 15.2. The molecule has 1 atom stereocenters. The Balaban J connectivity index is 2.16. The molecule has 0 aliphatic carbocycles. The van der Waals surface area contributed by atoms with E-state index >= 15 is 0 Å². The van der Waals surface area contributed by atoms with Crippen LogP contribution >= 0.6 is 0 Å². The van der Waals surface area contributed by atoms with Crippen LogP contribution in [0.4, 0.5) is 0 Å². The number of nitrogens with two attached hydrogens (primary N) is 1. The van der Waals surface area contributed by atoms with E-state index in [9.17, 15) is 0 Å². The second-order valence-electron chi connectivity index (χ2n) is 5.57. The van der Waals surface area contributed by atoms with Crippen molar-refractivity contribution in [3.05, 3.63) is 64.7 Å². The lowest BCUT2D eigenvalue weighted by atomic mass is 9.88. The first-order valence-corrected chi connectivity index (χ1v) is 7.63. The molecule has 0 saturated carbocycles. The zero-order valence-electron chi connectivity index (χ0n) is 13.2. The van der Waals surface area contributed by atoms with E-state index in [1.807, 2.05) is 19.1 Å². The van der Waals surface area contributed by atoms with Crippen molar-refractivity contribution in [2.24, 2.45) is 5.73 Å². The van der Waals surface area contributed by atoms with Crippen LogP contribution < -0.4 is 10.5 Å². The van der Waals surface area contributed by atoms with E-state index in [-0.39, 0.29) is 0 Å². The Morgan fingerprint density at radius 3 is 2.38 bits per heavy atom. The topological polar surface area (TPSA) is 35.2 Å². The Bertz CT molecular complexity index is 575. The Morgan fingerprint density at radius 1 is 1.05 bits per heavy atom. The van der Waals surface area contributed by atoms with Crippen molar-refractivity contribution >= 4 is 0 Å². The van der Waals surface area contributed by atoms with Gasteiger partial charge in [-0.2, -0.15) is 0 Å². The normalized spacial score (nSPS) is 12.2. The average molecular weight is 283 g/mol. The van der Waals surface area contributed by atoms with Crippen LogP contribution in [0.5, 0.6) is 5.75 Å². The van der Waals surface area contributed by atoms with E-state index in [0.717, 1.165) is 12.2 Å². The molecular weight excluding hydrogens is 258 g/mol. The van der Waals surface area contributed by atoms with Crippen molar-refractivity contribution in [2.75, 3.05) is 13.2 Å². The van der Waals surface area contributed by atoms with Gasteiger partial charge >= 0.3 is 0 Å². The summed E-state index contributed by atoms with van der Waals surface area (Å²) < 4.78 is 5.49. The van der Waals surface area contributed by atoms with E-state index in [1.54, 1.807) is 0 Å². The van der Waals surface area contributed by atoms with Crippen molar-refractivity contribution in [1.82, 2.24) is 0 Å². The lowest BCUT2D eigenvalue weighted by Crippen LogP contribution is -2.16.